The van der Waals surface area contributed by atoms with Crippen LogP contribution in [0.3, 0.4) is 0 Å². The van der Waals surface area contributed by atoms with E-state index in [1.807, 2.05) is 13.0 Å². The van der Waals surface area contributed by atoms with Gasteiger partial charge in [-0.25, -0.2) is 0 Å². The summed E-state index contributed by atoms with van der Waals surface area (Å²) in [5.41, 5.74) is 1.36. The Bertz CT molecular complexity index is 542. The lowest BCUT2D eigenvalue weighted by Crippen LogP contribution is -2.08. The van der Waals surface area contributed by atoms with Gasteiger partial charge in [0, 0.05) is 12.2 Å². The number of hydrogen-bond donors (Lipinski definition) is 1. The van der Waals surface area contributed by atoms with Crippen molar-refractivity contribution in [3.05, 3.63) is 35.9 Å². The molecule has 2 aromatic rings. The number of hydrogen-bond acceptors (Lipinski definition) is 5. The molecule has 2 rings (SSSR count). The van der Waals surface area contributed by atoms with Crippen molar-refractivity contribution in [2.45, 2.75) is 30.5 Å². The minimum Gasteiger partial charge on any atom is -0.301 e. The van der Waals surface area contributed by atoms with Gasteiger partial charge in [-0.15, -0.1) is 10.2 Å². The van der Waals surface area contributed by atoms with Gasteiger partial charge in [0.1, 0.15) is 0 Å². The molecule has 0 unspecified atom stereocenters. The van der Waals surface area contributed by atoms with Gasteiger partial charge in [0.2, 0.25) is 11.0 Å². The van der Waals surface area contributed by atoms with E-state index < -0.39 is 0 Å². The maximum absolute atomic E-state index is 11.2. The first-order chi connectivity index (χ1) is 9.78. The lowest BCUT2D eigenvalue weighted by Gasteiger charge is -1.99. The largest absolute Gasteiger partial charge is 0.301 e. The van der Waals surface area contributed by atoms with Crippen molar-refractivity contribution < 1.29 is 4.79 Å². The van der Waals surface area contributed by atoms with E-state index in [1.54, 1.807) is 11.8 Å². The Morgan fingerprint density at radius 2 is 2.10 bits per heavy atom. The molecular weight excluding hydrogens is 290 g/mol. The third-order valence-corrected chi connectivity index (χ3v) is 4.71. The van der Waals surface area contributed by atoms with Gasteiger partial charge >= 0.3 is 0 Å². The fraction of sp³-hybridized carbons (Fsp3) is 0.357. The van der Waals surface area contributed by atoms with Crippen LogP contribution in [-0.4, -0.2) is 21.9 Å². The van der Waals surface area contributed by atoms with Gasteiger partial charge in [0.25, 0.3) is 0 Å². The average molecular weight is 307 g/mol. The molecule has 1 aromatic carbocycles. The Kier molecular flexibility index (Phi) is 6.01. The molecule has 0 aliphatic heterocycles. The van der Waals surface area contributed by atoms with E-state index in [9.17, 15) is 4.79 Å². The molecule has 6 heteroatoms. The van der Waals surface area contributed by atoms with Crippen molar-refractivity contribution in [1.29, 1.82) is 0 Å². The van der Waals surface area contributed by atoms with Crippen molar-refractivity contribution in [2.75, 3.05) is 11.1 Å². The molecule has 0 bridgehead atoms. The molecule has 0 spiro atoms. The monoisotopic (exact) mass is 307 g/mol. The number of aromatic nitrogens is 2. The molecule has 0 aliphatic carbocycles. The van der Waals surface area contributed by atoms with Crippen molar-refractivity contribution in [3.8, 4) is 0 Å². The maximum Gasteiger partial charge on any atom is 0.225 e. The van der Waals surface area contributed by atoms with Gasteiger partial charge in [-0.2, -0.15) is 0 Å². The number of anilines is 1. The average Bonchev–Trinajstić information content (AvgIpc) is 2.92. The molecule has 1 aromatic heterocycles. The summed E-state index contributed by atoms with van der Waals surface area (Å²) in [4.78, 5) is 11.2. The minimum absolute atomic E-state index is 0.0261. The van der Waals surface area contributed by atoms with Gasteiger partial charge in [0.15, 0.2) is 4.34 Å². The van der Waals surface area contributed by atoms with Crippen molar-refractivity contribution in [2.24, 2.45) is 0 Å². The summed E-state index contributed by atoms with van der Waals surface area (Å²) in [6, 6.07) is 10.5. The van der Waals surface area contributed by atoms with E-state index in [0.29, 0.717) is 11.6 Å². The molecule has 0 aliphatic rings. The number of thioether (sulfide) groups is 1. The van der Waals surface area contributed by atoms with Gasteiger partial charge in [0.05, 0.1) is 0 Å². The van der Waals surface area contributed by atoms with E-state index in [4.69, 9.17) is 0 Å². The first kappa shape index (κ1) is 15.0. The molecule has 4 nitrogen and oxygen atoms in total. The summed E-state index contributed by atoms with van der Waals surface area (Å²) < 4.78 is 0.907. The normalized spacial score (nSPS) is 10.4. The highest BCUT2D eigenvalue weighted by atomic mass is 32.2. The SMILES string of the molecule is CCC(=O)Nc1nnc(SCCCc2ccccc2)s1. The number of aryl methyl sites for hydroxylation is 1. The zero-order valence-corrected chi connectivity index (χ0v) is 13.0. The van der Waals surface area contributed by atoms with Crippen molar-refractivity contribution in [1.82, 2.24) is 10.2 Å². The summed E-state index contributed by atoms with van der Waals surface area (Å²) in [5.74, 6) is 0.979. The number of carbonyl (C=O) groups is 1. The fourth-order valence-electron chi connectivity index (χ4n) is 1.61. The second-order valence-electron chi connectivity index (χ2n) is 4.21. The smallest absolute Gasteiger partial charge is 0.225 e. The van der Waals surface area contributed by atoms with Crippen LogP contribution in [0, 0.1) is 0 Å². The van der Waals surface area contributed by atoms with Crippen LogP contribution in [-0.2, 0) is 11.2 Å². The summed E-state index contributed by atoms with van der Waals surface area (Å²) in [5, 5.41) is 11.3. The molecule has 1 heterocycles. The van der Waals surface area contributed by atoms with Gasteiger partial charge in [-0.1, -0.05) is 60.4 Å². The lowest BCUT2D eigenvalue weighted by molar-refractivity contribution is -0.115. The van der Waals surface area contributed by atoms with Crippen LogP contribution in [0.2, 0.25) is 0 Å². The van der Waals surface area contributed by atoms with Crippen LogP contribution >= 0.6 is 23.1 Å². The van der Waals surface area contributed by atoms with Gasteiger partial charge in [-0.3, -0.25) is 4.79 Å². The predicted molar refractivity (Wildman–Crippen MR) is 84.3 cm³/mol. The number of benzene rings is 1. The second-order valence-corrected chi connectivity index (χ2v) is 6.53. The van der Waals surface area contributed by atoms with Gasteiger partial charge in [-0.05, 0) is 18.4 Å². The molecule has 0 saturated heterocycles. The highest BCUT2D eigenvalue weighted by Gasteiger charge is 2.06. The van der Waals surface area contributed by atoms with Crippen molar-refractivity contribution in [3.63, 3.8) is 0 Å². The van der Waals surface area contributed by atoms with E-state index in [2.05, 4.69) is 39.8 Å². The van der Waals surface area contributed by atoms with Crippen molar-refractivity contribution >= 4 is 34.1 Å². The van der Waals surface area contributed by atoms with Crippen LogP contribution < -0.4 is 5.32 Å². The summed E-state index contributed by atoms with van der Waals surface area (Å²) in [6.07, 6.45) is 2.64. The molecule has 20 heavy (non-hydrogen) atoms. The molecule has 0 radical (unpaired) electrons. The Hall–Kier alpha value is -1.40. The van der Waals surface area contributed by atoms with Crippen LogP contribution in [0.4, 0.5) is 5.13 Å². The zero-order valence-electron chi connectivity index (χ0n) is 11.3. The first-order valence-corrected chi connectivity index (χ1v) is 8.38. The summed E-state index contributed by atoms with van der Waals surface area (Å²) in [6.45, 7) is 1.82. The lowest BCUT2D eigenvalue weighted by atomic mass is 10.1. The number of nitrogens with one attached hydrogen (secondary N) is 1. The fourth-order valence-corrected chi connectivity index (χ4v) is 3.38. The Morgan fingerprint density at radius 1 is 1.30 bits per heavy atom. The quantitative estimate of drug-likeness (QED) is 0.482. The predicted octanol–water partition coefficient (Wildman–Crippen LogP) is 3.61. The summed E-state index contributed by atoms with van der Waals surface area (Å²) in [7, 11) is 0. The van der Waals surface area contributed by atoms with Crippen LogP contribution in [0.5, 0.6) is 0 Å². The molecule has 1 N–H and O–H groups in total. The number of nitrogens with zero attached hydrogens (tertiary/aromatic N) is 2. The molecule has 106 valence electrons. The van der Waals surface area contributed by atoms with E-state index in [-0.39, 0.29) is 5.91 Å². The first-order valence-electron chi connectivity index (χ1n) is 6.58. The van der Waals surface area contributed by atoms with E-state index in [0.717, 1.165) is 22.9 Å². The topological polar surface area (TPSA) is 54.9 Å². The number of carbonyl (C=O) groups excluding carboxylic acids is 1. The van der Waals surface area contributed by atoms with Gasteiger partial charge < -0.3 is 5.32 Å². The highest BCUT2D eigenvalue weighted by Crippen LogP contribution is 2.26. The highest BCUT2D eigenvalue weighted by molar-refractivity contribution is 8.01. The molecular formula is C14H17N3OS2. The van der Waals surface area contributed by atoms with Crippen LogP contribution in [0.25, 0.3) is 0 Å². The molecule has 1 amide bonds. The maximum atomic E-state index is 11.2. The van der Waals surface area contributed by atoms with Crippen LogP contribution in [0.1, 0.15) is 25.3 Å². The van der Waals surface area contributed by atoms with E-state index >= 15 is 0 Å². The molecule has 0 atom stereocenters. The molecule has 0 saturated carbocycles. The second kappa shape index (κ2) is 8.01. The summed E-state index contributed by atoms with van der Waals surface area (Å²) >= 11 is 3.12. The Labute approximate surface area is 127 Å². The Balaban J connectivity index is 1.70. The minimum atomic E-state index is -0.0261. The standard InChI is InChI=1S/C14H17N3OS2/c1-2-12(18)15-13-16-17-14(20-13)19-10-6-9-11-7-4-3-5-8-11/h3-5,7-8H,2,6,9-10H2,1H3,(H,15,16,18). The molecule has 0 fully saturated rings. The van der Waals surface area contributed by atoms with E-state index in [1.165, 1.54) is 16.9 Å². The third kappa shape index (κ3) is 4.94. The number of amides is 1. The third-order valence-electron chi connectivity index (χ3n) is 2.65. The zero-order chi connectivity index (χ0) is 14.2. The Morgan fingerprint density at radius 3 is 2.85 bits per heavy atom. The number of rotatable bonds is 7. The van der Waals surface area contributed by atoms with Crippen LogP contribution in [0.15, 0.2) is 34.7 Å².